The van der Waals surface area contributed by atoms with Crippen LogP contribution in [-0.2, 0) is 14.0 Å². The van der Waals surface area contributed by atoms with Crippen molar-refractivity contribution in [1.82, 2.24) is 0 Å². The van der Waals surface area contributed by atoms with Crippen LogP contribution in [-0.4, -0.2) is 33.4 Å². The Morgan fingerprint density at radius 3 is 2.26 bits per heavy atom. The van der Waals surface area contributed by atoms with Crippen molar-refractivity contribution in [1.29, 1.82) is 0 Å². The molecule has 224 valence electrons. The first kappa shape index (κ1) is 31.5. The third-order valence-electron chi connectivity index (χ3n) is 13.7. The highest BCUT2D eigenvalue weighted by Crippen LogP contribution is 2.86. The van der Waals surface area contributed by atoms with Crippen molar-refractivity contribution in [3.8, 4) is 0 Å². The number of methoxy groups -OCH3 is 1. The number of ketones is 1. The van der Waals surface area contributed by atoms with Crippen LogP contribution in [0.4, 0.5) is 0 Å². The SMILES string of the molecule is CCCCCCC=CCC1(C)CC(O[Si](CC)(CC)CC)C2(C)C(C)CC3CC4(CCC(OC)C342)C(C)C1=O. The summed E-state index contributed by atoms with van der Waals surface area (Å²) in [6.07, 6.45) is 17.9. The number of unbranched alkanes of at least 4 members (excludes halogenated alkanes) is 4. The second-order valence-electron chi connectivity index (χ2n) is 14.8. The average Bonchev–Trinajstić information content (AvgIpc) is 3.29. The van der Waals surface area contributed by atoms with Crippen molar-refractivity contribution in [2.45, 2.75) is 156 Å². The lowest BCUT2D eigenvalue weighted by molar-refractivity contribution is -0.267. The Hall–Kier alpha value is -0.453. The second kappa shape index (κ2) is 11.7. The first-order valence-corrected chi connectivity index (χ1v) is 19.4. The molecular weight excluding hydrogens is 496 g/mol. The number of allylic oxidation sites excluding steroid dienone is 2. The number of carbonyl (C=O) groups is 1. The van der Waals surface area contributed by atoms with Crippen LogP contribution in [0.5, 0.6) is 0 Å². The van der Waals surface area contributed by atoms with Crippen LogP contribution in [0, 0.1) is 39.4 Å². The first-order valence-electron chi connectivity index (χ1n) is 16.9. The van der Waals surface area contributed by atoms with Crippen molar-refractivity contribution in [2.24, 2.45) is 39.4 Å². The summed E-state index contributed by atoms with van der Waals surface area (Å²) in [5.74, 6) is 1.86. The molecular formula is C35H62O3Si. The standard InChI is InChI=1S/C35H62O3Si/c1-10-14-15-16-17-18-19-21-32(7)25-30(38-39(11-2,12-3)13-4)33(8)26(5)23-28-24-34(27(6)31(32)36)22-20-29(37-9)35(28,33)34/h18-19,26-30H,10-17,20-25H2,1-9H3. The van der Waals surface area contributed by atoms with Crippen LogP contribution >= 0.6 is 0 Å². The lowest BCUT2D eigenvalue weighted by Crippen LogP contribution is -2.72. The highest BCUT2D eigenvalue weighted by Gasteiger charge is 2.84. The summed E-state index contributed by atoms with van der Waals surface area (Å²) >= 11 is 0. The smallest absolute Gasteiger partial charge is 0.192 e. The largest absolute Gasteiger partial charge is 0.413 e. The zero-order valence-electron chi connectivity index (χ0n) is 27.2. The van der Waals surface area contributed by atoms with Gasteiger partial charge in [0.05, 0.1) is 12.2 Å². The molecule has 3 nitrogen and oxygen atoms in total. The molecule has 4 rings (SSSR count). The fraction of sp³-hybridized carbons (Fsp3) is 0.914. The molecule has 9 atom stereocenters. The average molecular weight is 559 g/mol. The summed E-state index contributed by atoms with van der Waals surface area (Å²) in [5.41, 5.74) is -0.205. The molecule has 0 heterocycles. The molecule has 4 saturated carbocycles. The van der Waals surface area contributed by atoms with E-state index in [0.29, 0.717) is 17.6 Å². The molecule has 0 radical (unpaired) electrons. The lowest BCUT2D eigenvalue weighted by Gasteiger charge is -2.71. The van der Waals surface area contributed by atoms with E-state index in [1.807, 2.05) is 7.11 Å². The van der Waals surface area contributed by atoms with E-state index in [-0.39, 0.29) is 39.8 Å². The maximum Gasteiger partial charge on any atom is 0.192 e. The molecule has 0 bridgehead atoms. The van der Waals surface area contributed by atoms with E-state index in [9.17, 15) is 4.79 Å². The summed E-state index contributed by atoms with van der Waals surface area (Å²) in [4.78, 5) is 14.8. The highest BCUT2D eigenvalue weighted by molar-refractivity contribution is 6.73. The van der Waals surface area contributed by atoms with Crippen LogP contribution in [0.3, 0.4) is 0 Å². The molecule has 0 aliphatic heterocycles. The Bertz CT molecular complexity index is 888. The third kappa shape index (κ3) is 4.42. The van der Waals surface area contributed by atoms with Gasteiger partial charge in [-0.2, -0.15) is 0 Å². The van der Waals surface area contributed by atoms with E-state index in [2.05, 4.69) is 67.5 Å². The van der Waals surface area contributed by atoms with E-state index in [1.165, 1.54) is 38.5 Å². The molecule has 0 amide bonds. The van der Waals surface area contributed by atoms with Gasteiger partial charge in [0.1, 0.15) is 5.78 Å². The molecule has 0 aromatic carbocycles. The van der Waals surface area contributed by atoms with Gasteiger partial charge in [-0.05, 0) is 86.7 Å². The maximum absolute atomic E-state index is 14.8. The summed E-state index contributed by atoms with van der Waals surface area (Å²) < 4.78 is 14.1. The van der Waals surface area contributed by atoms with Gasteiger partial charge in [-0.25, -0.2) is 0 Å². The Balaban J connectivity index is 1.78. The summed E-state index contributed by atoms with van der Waals surface area (Å²) in [5, 5.41) is 0. The number of ether oxygens (including phenoxy) is 1. The van der Waals surface area contributed by atoms with Crippen molar-refractivity contribution in [3.63, 3.8) is 0 Å². The molecule has 9 unspecified atom stereocenters. The van der Waals surface area contributed by atoms with Crippen LogP contribution in [0.15, 0.2) is 12.2 Å². The minimum atomic E-state index is -1.90. The van der Waals surface area contributed by atoms with Gasteiger partial charge >= 0.3 is 0 Å². The van der Waals surface area contributed by atoms with Gasteiger partial charge in [-0.15, -0.1) is 0 Å². The molecule has 0 aromatic heterocycles. The number of hydrogen-bond donors (Lipinski definition) is 0. The summed E-state index contributed by atoms with van der Waals surface area (Å²) in [6, 6.07) is 3.49. The fourth-order valence-corrected chi connectivity index (χ4v) is 14.1. The second-order valence-corrected chi connectivity index (χ2v) is 19.6. The predicted molar refractivity (Wildman–Crippen MR) is 166 cm³/mol. The topological polar surface area (TPSA) is 35.5 Å². The van der Waals surface area contributed by atoms with E-state index in [0.717, 1.165) is 50.2 Å². The molecule has 4 heteroatoms. The zero-order chi connectivity index (χ0) is 28.7. The lowest BCUT2D eigenvalue weighted by atomic mass is 9.33. The van der Waals surface area contributed by atoms with Crippen molar-refractivity contribution >= 4 is 14.1 Å². The molecule has 39 heavy (non-hydrogen) atoms. The van der Waals surface area contributed by atoms with E-state index in [1.54, 1.807) is 0 Å². The van der Waals surface area contributed by atoms with Gasteiger partial charge in [-0.1, -0.05) is 86.8 Å². The Morgan fingerprint density at radius 1 is 0.949 bits per heavy atom. The first-order chi connectivity index (χ1) is 18.5. The Kier molecular flexibility index (Phi) is 9.42. The van der Waals surface area contributed by atoms with Crippen LogP contribution in [0.1, 0.15) is 126 Å². The number of Topliss-reactive ketones (excluding diaryl/α,β-unsaturated/α-hetero) is 1. The fourth-order valence-electron chi connectivity index (χ4n) is 11.2. The molecule has 0 aromatic rings. The van der Waals surface area contributed by atoms with Crippen molar-refractivity contribution in [3.05, 3.63) is 12.2 Å². The van der Waals surface area contributed by atoms with E-state index >= 15 is 0 Å². The molecule has 4 aliphatic rings. The minimum Gasteiger partial charge on any atom is -0.413 e. The Morgan fingerprint density at radius 2 is 1.64 bits per heavy atom. The van der Waals surface area contributed by atoms with E-state index in [4.69, 9.17) is 9.16 Å². The molecule has 1 spiro atoms. The van der Waals surface area contributed by atoms with Gasteiger partial charge < -0.3 is 9.16 Å². The molecule has 4 aliphatic carbocycles. The van der Waals surface area contributed by atoms with Crippen LogP contribution in [0.25, 0.3) is 0 Å². The summed E-state index contributed by atoms with van der Waals surface area (Å²) in [7, 11) is 0.0478. The van der Waals surface area contributed by atoms with Gasteiger partial charge in [0, 0.05) is 29.3 Å². The summed E-state index contributed by atoms with van der Waals surface area (Å²) in [6.45, 7) is 19.1. The predicted octanol–water partition coefficient (Wildman–Crippen LogP) is 9.76. The minimum absolute atomic E-state index is 0.0327. The molecule has 0 saturated heterocycles. The zero-order valence-corrected chi connectivity index (χ0v) is 28.2. The van der Waals surface area contributed by atoms with Crippen molar-refractivity contribution < 1.29 is 14.0 Å². The van der Waals surface area contributed by atoms with Gasteiger partial charge in [-0.3, -0.25) is 4.79 Å². The van der Waals surface area contributed by atoms with E-state index < -0.39 is 8.32 Å². The Labute approximate surface area is 242 Å². The third-order valence-corrected chi connectivity index (χ3v) is 18.3. The maximum atomic E-state index is 14.8. The number of rotatable bonds is 13. The number of hydrogen-bond acceptors (Lipinski definition) is 3. The quantitative estimate of drug-likeness (QED) is 0.128. The molecule has 4 fully saturated rings. The molecule has 0 N–H and O–H groups in total. The van der Waals surface area contributed by atoms with Gasteiger partial charge in [0.2, 0.25) is 0 Å². The van der Waals surface area contributed by atoms with Gasteiger partial charge in [0.15, 0.2) is 8.32 Å². The monoisotopic (exact) mass is 558 g/mol. The van der Waals surface area contributed by atoms with Crippen LogP contribution < -0.4 is 0 Å². The highest BCUT2D eigenvalue weighted by atomic mass is 28.4. The van der Waals surface area contributed by atoms with Gasteiger partial charge in [0.25, 0.3) is 0 Å². The van der Waals surface area contributed by atoms with Crippen LogP contribution in [0.2, 0.25) is 18.1 Å². The normalized spacial score (nSPS) is 43.7. The number of carbonyl (C=O) groups excluding carboxylic acids is 1. The van der Waals surface area contributed by atoms with Crippen molar-refractivity contribution in [2.75, 3.05) is 7.11 Å².